The van der Waals surface area contributed by atoms with Crippen LogP contribution in [0, 0.1) is 6.92 Å². The summed E-state index contributed by atoms with van der Waals surface area (Å²) in [5.74, 6) is 0.945. The molecule has 0 radical (unpaired) electrons. The fourth-order valence-electron chi connectivity index (χ4n) is 2.55. The Kier molecular flexibility index (Phi) is 4.79. The average molecular weight is 337 g/mol. The van der Waals surface area contributed by atoms with Crippen LogP contribution in [0.3, 0.4) is 0 Å². The van der Waals surface area contributed by atoms with Crippen molar-refractivity contribution >= 4 is 28.2 Å². The van der Waals surface area contributed by atoms with Crippen molar-refractivity contribution in [3.8, 4) is 5.75 Å². The van der Waals surface area contributed by atoms with Crippen LogP contribution in [0.1, 0.15) is 23.0 Å². The van der Waals surface area contributed by atoms with Gasteiger partial charge in [-0.25, -0.2) is 14.8 Å². The van der Waals surface area contributed by atoms with Gasteiger partial charge in [-0.05, 0) is 48.9 Å². The van der Waals surface area contributed by atoms with Crippen LogP contribution in [-0.4, -0.2) is 29.7 Å². The lowest BCUT2D eigenvalue weighted by molar-refractivity contribution is 0.0518. The van der Waals surface area contributed by atoms with Crippen molar-refractivity contribution in [3.63, 3.8) is 0 Å². The van der Waals surface area contributed by atoms with Gasteiger partial charge in [0, 0.05) is 11.3 Å². The van der Waals surface area contributed by atoms with Crippen LogP contribution in [0.5, 0.6) is 5.75 Å². The summed E-state index contributed by atoms with van der Waals surface area (Å²) in [4.78, 5) is 20.2. The van der Waals surface area contributed by atoms with Crippen LogP contribution in [0.15, 0.2) is 42.7 Å². The van der Waals surface area contributed by atoms with Crippen LogP contribution in [0.2, 0.25) is 0 Å². The van der Waals surface area contributed by atoms with Crippen molar-refractivity contribution < 1.29 is 14.3 Å². The number of fused-ring (bicyclic) bond motifs is 1. The number of benzene rings is 2. The molecule has 25 heavy (non-hydrogen) atoms. The van der Waals surface area contributed by atoms with Crippen molar-refractivity contribution in [1.82, 2.24) is 9.97 Å². The largest absolute Gasteiger partial charge is 0.497 e. The van der Waals surface area contributed by atoms with Gasteiger partial charge in [0.05, 0.1) is 13.7 Å². The van der Waals surface area contributed by atoms with Crippen molar-refractivity contribution in [2.75, 3.05) is 19.0 Å². The summed E-state index contributed by atoms with van der Waals surface area (Å²) in [5.41, 5.74) is 1.79. The van der Waals surface area contributed by atoms with Gasteiger partial charge in [0.2, 0.25) is 0 Å². The Hall–Kier alpha value is -3.15. The van der Waals surface area contributed by atoms with Gasteiger partial charge in [0.1, 0.15) is 17.9 Å². The monoisotopic (exact) mass is 337 g/mol. The number of carbonyl (C=O) groups is 1. The Bertz CT molecular complexity index is 925. The van der Waals surface area contributed by atoms with Crippen molar-refractivity contribution in [2.24, 2.45) is 0 Å². The lowest BCUT2D eigenvalue weighted by Gasteiger charge is -2.12. The van der Waals surface area contributed by atoms with Crippen LogP contribution < -0.4 is 10.1 Å². The van der Waals surface area contributed by atoms with Crippen molar-refractivity contribution in [1.29, 1.82) is 0 Å². The van der Waals surface area contributed by atoms with Gasteiger partial charge in [-0.1, -0.05) is 12.1 Å². The number of hydrogen-bond acceptors (Lipinski definition) is 6. The van der Waals surface area contributed by atoms with Gasteiger partial charge in [0.15, 0.2) is 5.69 Å². The quantitative estimate of drug-likeness (QED) is 0.713. The minimum Gasteiger partial charge on any atom is -0.497 e. The predicted octanol–water partition coefficient (Wildman–Crippen LogP) is 3.87. The Morgan fingerprint density at radius 1 is 1.12 bits per heavy atom. The third-order valence-electron chi connectivity index (χ3n) is 3.86. The number of rotatable bonds is 5. The first kappa shape index (κ1) is 16.7. The highest BCUT2D eigenvalue weighted by Crippen LogP contribution is 2.26. The lowest BCUT2D eigenvalue weighted by Crippen LogP contribution is -2.11. The lowest BCUT2D eigenvalue weighted by atomic mass is 10.1. The van der Waals surface area contributed by atoms with Crippen molar-refractivity contribution in [3.05, 3.63) is 54.0 Å². The van der Waals surface area contributed by atoms with Gasteiger partial charge in [-0.3, -0.25) is 0 Å². The second kappa shape index (κ2) is 7.17. The number of nitrogens with one attached hydrogen (secondary N) is 1. The Morgan fingerprint density at radius 3 is 2.64 bits per heavy atom. The molecule has 0 unspecified atom stereocenters. The Labute approximate surface area is 145 Å². The Balaban J connectivity index is 1.90. The first-order valence-corrected chi connectivity index (χ1v) is 7.96. The summed E-state index contributed by atoms with van der Waals surface area (Å²) in [5, 5.41) is 5.39. The van der Waals surface area contributed by atoms with Gasteiger partial charge in [-0.15, -0.1) is 0 Å². The number of hydrogen-bond donors (Lipinski definition) is 1. The van der Waals surface area contributed by atoms with Gasteiger partial charge >= 0.3 is 5.97 Å². The third-order valence-corrected chi connectivity index (χ3v) is 3.86. The van der Waals surface area contributed by atoms with E-state index in [2.05, 4.69) is 15.3 Å². The molecule has 3 rings (SSSR count). The van der Waals surface area contributed by atoms with Gasteiger partial charge < -0.3 is 14.8 Å². The molecule has 0 aliphatic heterocycles. The fourth-order valence-corrected chi connectivity index (χ4v) is 2.55. The zero-order valence-electron chi connectivity index (χ0n) is 14.4. The van der Waals surface area contributed by atoms with E-state index in [4.69, 9.17) is 9.47 Å². The molecule has 0 amide bonds. The highest BCUT2D eigenvalue weighted by atomic mass is 16.5. The fraction of sp³-hybridized carbons (Fsp3) is 0.211. The number of anilines is 2. The van der Waals surface area contributed by atoms with E-state index in [9.17, 15) is 4.79 Å². The summed E-state index contributed by atoms with van der Waals surface area (Å²) in [7, 11) is 1.65. The van der Waals surface area contributed by atoms with E-state index in [1.807, 2.05) is 36.4 Å². The van der Waals surface area contributed by atoms with Crippen LogP contribution in [0.25, 0.3) is 10.8 Å². The number of nitrogens with zero attached hydrogens (tertiary/aromatic N) is 2. The topological polar surface area (TPSA) is 73.3 Å². The highest BCUT2D eigenvalue weighted by molar-refractivity contribution is 5.91. The molecule has 0 saturated carbocycles. The summed E-state index contributed by atoms with van der Waals surface area (Å²) in [6.07, 6.45) is 1.35. The predicted molar refractivity (Wildman–Crippen MR) is 96.5 cm³/mol. The SMILES string of the molecule is CCOC(=O)c1ncnc(Nc2ccc3cc(OC)ccc3c2)c1C. The van der Waals surface area contributed by atoms with Crippen molar-refractivity contribution in [2.45, 2.75) is 13.8 Å². The molecule has 0 fully saturated rings. The second-order valence-corrected chi connectivity index (χ2v) is 5.47. The van der Waals surface area contributed by atoms with Gasteiger partial charge in [-0.2, -0.15) is 0 Å². The number of methoxy groups -OCH3 is 1. The molecule has 2 aromatic carbocycles. The number of ether oxygens (including phenoxy) is 2. The average Bonchev–Trinajstić information content (AvgIpc) is 2.63. The van der Waals surface area contributed by atoms with Crippen LogP contribution in [-0.2, 0) is 4.74 Å². The van der Waals surface area contributed by atoms with E-state index < -0.39 is 5.97 Å². The molecule has 1 aromatic heterocycles. The molecule has 0 atom stereocenters. The zero-order valence-corrected chi connectivity index (χ0v) is 14.4. The zero-order chi connectivity index (χ0) is 17.8. The molecular formula is C19H19N3O3. The Morgan fingerprint density at radius 2 is 1.88 bits per heavy atom. The number of aromatic nitrogens is 2. The minimum atomic E-state index is -0.448. The van der Waals surface area contributed by atoms with E-state index in [0.29, 0.717) is 18.0 Å². The van der Waals surface area contributed by atoms with Crippen LogP contribution in [0.4, 0.5) is 11.5 Å². The maximum absolute atomic E-state index is 12.0. The smallest absolute Gasteiger partial charge is 0.357 e. The molecule has 1 N–H and O–H groups in total. The second-order valence-electron chi connectivity index (χ2n) is 5.47. The normalized spacial score (nSPS) is 10.5. The van der Waals surface area contributed by atoms with E-state index in [-0.39, 0.29) is 5.69 Å². The maximum Gasteiger partial charge on any atom is 0.357 e. The van der Waals surface area contributed by atoms with E-state index >= 15 is 0 Å². The summed E-state index contributed by atoms with van der Waals surface area (Å²) in [6.45, 7) is 3.86. The van der Waals surface area contributed by atoms with E-state index in [1.165, 1.54) is 6.33 Å². The van der Waals surface area contributed by atoms with E-state index in [1.54, 1.807) is 21.0 Å². The molecule has 0 saturated heterocycles. The molecule has 0 spiro atoms. The summed E-state index contributed by atoms with van der Waals surface area (Å²) in [6, 6.07) is 11.9. The molecule has 6 nitrogen and oxygen atoms in total. The van der Waals surface area contributed by atoms with Crippen LogP contribution >= 0.6 is 0 Å². The first-order valence-electron chi connectivity index (χ1n) is 7.96. The molecule has 6 heteroatoms. The molecule has 3 aromatic rings. The molecule has 0 bridgehead atoms. The molecule has 0 aliphatic rings. The molecule has 128 valence electrons. The number of carbonyl (C=O) groups excluding carboxylic acids is 1. The summed E-state index contributed by atoms with van der Waals surface area (Å²) < 4.78 is 10.3. The third kappa shape index (κ3) is 3.52. The molecule has 1 heterocycles. The molecular weight excluding hydrogens is 318 g/mol. The first-order chi connectivity index (χ1) is 12.1. The van der Waals surface area contributed by atoms with E-state index in [0.717, 1.165) is 22.2 Å². The highest BCUT2D eigenvalue weighted by Gasteiger charge is 2.15. The van der Waals surface area contributed by atoms with Gasteiger partial charge in [0.25, 0.3) is 0 Å². The summed E-state index contributed by atoms with van der Waals surface area (Å²) >= 11 is 0. The standard InChI is InChI=1S/C19H19N3O3/c1-4-25-19(23)17-12(2)18(21-11-20-17)22-15-7-5-14-10-16(24-3)8-6-13(14)9-15/h5-11H,4H2,1-3H3,(H,20,21,22). The maximum atomic E-state index is 12.0. The number of esters is 1. The minimum absolute atomic E-state index is 0.268. The molecule has 0 aliphatic carbocycles.